The highest BCUT2D eigenvalue weighted by Crippen LogP contribution is 2.31. The third-order valence-corrected chi connectivity index (χ3v) is 2.79. The molecule has 78 valence electrons. The van der Waals surface area contributed by atoms with Crippen LogP contribution in [0.2, 0.25) is 0 Å². The molecule has 0 bridgehead atoms. The van der Waals surface area contributed by atoms with Crippen molar-refractivity contribution in [3.05, 3.63) is 28.8 Å². The molecule has 2 heteroatoms. The second-order valence-corrected chi connectivity index (χ2v) is 4.11. The van der Waals surface area contributed by atoms with Crippen LogP contribution in [-0.4, -0.2) is 11.5 Å². The lowest BCUT2D eigenvalue weighted by atomic mass is 9.95. The van der Waals surface area contributed by atoms with Gasteiger partial charge in [0.25, 0.3) is 0 Å². The number of aliphatic imine (C=N–C) groups is 1. The number of benzene rings is 1. The molecule has 0 saturated heterocycles. The minimum atomic E-state index is 0.212. The van der Waals surface area contributed by atoms with Gasteiger partial charge >= 0.3 is 0 Å². The molecule has 1 aliphatic heterocycles. The van der Waals surface area contributed by atoms with Gasteiger partial charge in [-0.3, -0.25) is 9.79 Å². The van der Waals surface area contributed by atoms with E-state index >= 15 is 0 Å². The van der Waals surface area contributed by atoms with Gasteiger partial charge in [0.1, 0.15) is 0 Å². The summed E-state index contributed by atoms with van der Waals surface area (Å²) in [5.41, 5.74) is 4.91. The molecule has 2 nitrogen and oxygen atoms in total. The van der Waals surface area contributed by atoms with E-state index in [4.69, 9.17) is 0 Å². The lowest BCUT2D eigenvalue weighted by molar-refractivity contribution is 0.0999. The summed E-state index contributed by atoms with van der Waals surface area (Å²) in [6.07, 6.45) is 1.35. The van der Waals surface area contributed by atoms with Gasteiger partial charge in [-0.05, 0) is 37.5 Å². The third kappa shape index (κ3) is 1.72. The first-order valence-corrected chi connectivity index (χ1v) is 5.32. The Morgan fingerprint density at radius 2 is 2.07 bits per heavy atom. The molecule has 0 fully saturated rings. The van der Waals surface area contributed by atoms with E-state index in [9.17, 15) is 4.79 Å². The van der Waals surface area contributed by atoms with Crippen molar-refractivity contribution in [3.8, 4) is 0 Å². The highest BCUT2D eigenvalue weighted by Gasteiger charge is 2.20. The van der Waals surface area contributed by atoms with E-state index in [-0.39, 0.29) is 5.78 Å². The van der Waals surface area contributed by atoms with Crippen LogP contribution in [0.15, 0.2) is 17.1 Å². The van der Waals surface area contributed by atoms with Gasteiger partial charge in [0.15, 0.2) is 5.78 Å². The normalized spacial score (nSPS) is 14.9. The van der Waals surface area contributed by atoms with Crippen LogP contribution < -0.4 is 0 Å². The Morgan fingerprint density at radius 3 is 2.73 bits per heavy atom. The van der Waals surface area contributed by atoms with Crippen LogP contribution in [0.4, 0.5) is 5.69 Å². The first kappa shape index (κ1) is 10.1. The number of carbonyl (C=O) groups is 1. The number of ketones is 1. The third-order valence-electron chi connectivity index (χ3n) is 2.79. The monoisotopic (exact) mass is 201 g/mol. The van der Waals surface area contributed by atoms with Crippen molar-refractivity contribution < 1.29 is 4.79 Å². The predicted octanol–water partition coefficient (Wildman–Crippen LogP) is 3.37. The number of hydrogen-bond acceptors (Lipinski definition) is 2. The van der Waals surface area contributed by atoms with Gasteiger partial charge in [0.2, 0.25) is 0 Å². The van der Waals surface area contributed by atoms with E-state index in [1.807, 2.05) is 26.8 Å². The maximum atomic E-state index is 11.9. The molecular weight excluding hydrogens is 186 g/mol. The average molecular weight is 201 g/mol. The second kappa shape index (κ2) is 3.61. The minimum Gasteiger partial charge on any atom is -0.294 e. The Bertz CT molecular complexity index is 458. The number of Topliss-reactive ketones (excluding diaryl/α,β-unsaturated/α-hetero) is 1. The molecule has 1 heterocycles. The molecule has 1 aromatic carbocycles. The first-order valence-electron chi connectivity index (χ1n) is 5.32. The zero-order chi connectivity index (χ0) is 11.0. The van der Waals surface area contributed by atoms with Crippen molar-refractivity contribution >= 4 is 17.2 Å². The lowest BCUT2D eigenvalue weighted by Gasteiger charge is -2.16. The topological polar surface area (TPSA) is 29.4 Å². The lowest BCUT2D eigenvalue weighted by Crippen LogP contribution is -2.13. The summed E-state index contributed by atoms with van der Waals surface area (Å²) in [6, 6.07) is 4.02. The molecule has 2 rings (SSSR count). The van der Waals surface area contributed by atoms with Crippen molar-refractivity contribution in [2.75, 3.05) is 0 Å². The summed E-state index contributed by atoms with van der Waals surface area (Å²) < 4.78 is 0. The van der Waals surface area contributed by atoms with Gasteiger partial charge in [-0.2, -0.15) is 0 Å². The summed E-state index contributed by atoms with van der Waals surface area (Å²) in [5, 5.41) is 0. The average Bonchev–Trinajstić information content (AvgIpc) is 2.19. The van der Waals surface area contributed by atoms with Gasteiger partial charge in [0, 0.05) is 17.7 Å². The number of fused-ring (bicyclic) bond motifs is 1. The van der Waals surface area contributed by atoms with Crippen molar-refractivity contribution in [1.29, 1.82) is 0 Å². The summed E-state index contributed by atoms with van der Waals surface area (Å²) in [6.45, 7) is 6.07. The minimum absolute atomic E-state index is 0.212. The fourth-order valence-electron chi connectivity index (χ4n) is 2.00. The van der Waals surface area contributed by atoms with Crippen LogP contribution in [0, 0.1) is 13.8 Å². The summed E-state index contributed by atoms with van der Waals surface area (Å²) in [5.74, 6) is 0.212. The summed E-state index contributed by atoms with van der Waals surface area (Å²) in [7, 11) is 0. The quantitative estimate of drug-likeness (QED) is 0.685. The van der Waals surface area contributed by atoms with Crippen LogP contribution >= 0.6 is 0 Å². The van der Waals surface area contributed by atoms with Gasteiger partial charge in [-0.1, -0.05) is 13.0 Å². The van der Waals surface area contributed by atoms with E-state index in [1.165, 1.54) is 0 Å². The predicted molar refractivity (Wildman–Crippen MR) is 62.2 cm³/mol. The standard InChI is InChI=1S/C13H15NO/c1-4-10-7-12(15)11-6-8(2)5-9(3)13(11)14-10/h5-6H,4,7H2,1-3H3. The zero-order valence-electron chi connectivity index (χ0n) is 9.42. The molecule has 0 unspecified atom stereocenters. The Kier molecular flexibility index (Phi) is 2.43. The van der Waals surface area contributed by atoms with Crippen molar-refractivity contribution in [1.82, 2.24) is 0 Å². The Balaban J connectivity index is 2.64. The maximum Gasteiger partial charge on any atom is 0.170 e. The van der Waals surface area contributed by atoms with E-state index in [0.717, 1.165) is 34.5 Å². The number of carbonyl (C=O) groups excluding carboxylic acids is 1. The van der Waals surface area contributed by atoms with Crippen LogP contribution in [0.5, 0.6) is 0 Å². The van der Waals surface area contributed by atoms with Gasteiger partial charge < -0.3 is 0 Å². The van der Waals surface area contributed by atoms with E-state index < -0.39 is 0 Å². The number of nitrogens with zero attached hydrogens (tertiary/aromatic N) is 1. The molecule has 15 heavy (non-hydrogen) atoms. The van der Waals surface area contributed by atoms with Crippen LogP contribution in [0.1, 0.15) is 41.3 Å². The zero-order valence-corrected chi connectivity index (χ0v) is 9.42. The van der Waals surface area contributed by atoms with Crippen molar-refractivity contribution in [3.63, 3.8) is 0 Å². The SMILES string of the molecule is CCC1=Nc2c(C)cc(C)cc2C(=O)C1. The van der Waals surface area contributed by atoms with E-state index in [2.05, 4.69) is 11.1 Å². The molecule has 0 amide bonds. The number of aryl methyl sites for hydroxylation is 2. The first-order chi connectivity index (χ1) is 7.11. The van der Waals surface area contributed by atoms with Gasteiger partial charge in [0.05, 0.1) is 5.69 Å². The molecule has 0 atom stereocenters. The molecule has 0 spiro atoms. The highest BCUT2D eigenvalue weighted by molar-refractivity contribution is 6.16. The molecule has 0 radical (unpaired) electrons. The second-order valence-electron chi connectivity index (χ2n) is 4.11. The smallest absolute Gasteiger partial charge is 0.170 e. The molecule has 1 aliphatic rings. The Hall–Kier alpha value is -1.44. The Morgan fingerprint density at radius 1 is 1.33 bits per heavy atom. The van der Waals surface area contributed by atoms with E-state index in [1.54, 1.807) is 0 Å². The fraction of sp³-hybridized carbons (Fsp3) is 0.385. The van der Waals surface area contributed by atoms with Crippen LogP contribution in [0.25, 0.3) is 0 Å². The van der Waals surface area contributed by atoms with Crippen LogP contribution in [0.3, 0.4) is 0 Å². The largest absolute Gasteiger partial charge is 0.294 e. The Labute approximate surface area is 90.0 Å². The van der Waals surface area contributed by atoms with Gasteiger partial charge in [-0.25, -0.2) is 0 Å². The summed E-state index contributed by atoms with van der Waals surface area (Å²) >= 11 is 0. The van der Waals surface area contributed by atoms with Gasteiger partial charge in [-0.15, -0.1) is 0 Å². The molecule has 1 aromatic rings. The van der Waals surface area contributed by atoms with Crippen molar-refractivity contribution in [2.24, 2.45) is 4.99 Å². The summed E-state index contributed by atoms with van der Waals surface area (Å²) in [4.78, 5) is 16.4. The number of hydrogen-bond donors (Lipinski definition) is 0. The molecule has 0 N–H and O–H groups in total. The molecule has 0 aromatic heterocycles. The number of rotatable bonds is 1. The molecule has 0 aliphatic carbocycles. The van der Waals surface area contributed by atoms with E-state index in [0.29, 0.717) is 6.42 Å². The maximum absolute atomic E-state index is 11.9. The molecular formula is C13H15NO. The van der Waals surface area contributed by atoms with Crippen molar-refractivity contribution in [2.45, 2.75) is 33.6 Å². The van der Waals surface area contributed by atoms with Crippen LogP contribution in [-0.2, 0) is 0 Å². The fourth-order valence-corrected chi connectivity index (χ4v) is 2.00. The molecule has 0 saturated carbocycles. The highest BCUT2D eigenvalue weighted by atomic mass is 16.1.